The first-order valence-corrected chi connectivity index (χ1v) is 12.1. The average Bonchev–Trinajstić information content (AvgIpc) is 3.10. The van der Waals surface area contributed by atoms with Gasteiger partial charge in [0.2, 0.25) is 5.91 Å². The van der Waals surface area contributed by atoms with E-state index in [1.165, 1.54) is 19.3 Å². The third-order valence-corrected chi connectivity index (χ3v) is 7.11. The van der Waals surface area contributed by atoms with Gasteiger partial charge in [-0.25, -0.2) is 0 Å². The van der Waals surface area contributed by atoms with Gasteiger partial charge in [-0.2, -0.15) is 0 Å². The summed E-state index contributed by atoms with van der Waals surface area (Å²) in [6.07, 6.45) is 4.69. The highest BCUT2D eigenvalue weighted by atomic mass is 16.5. The third-order valence-electron chi connectivity index (χ3n) is 7.11. The van der Waals surface area contributed by atoms with E-state index in [0.717, 1.165) is 24.1 Å². The molecule has 4 rings (SSSR count). The molecule has 2 aliphatic heterocycles. The molecule has 2 heterocycles. The molecule has 1 fully saturated rings. The van der Waals surface area contributed by atoms with Crippen LogP contribution in [0.4, 0.5) is 0 Å². The van der Waals surface area contributed by atoms with Crippen LogP contribution in [0.5, 0.6) is 5.75 Å². The first kappa shape index (κ1) is 23.3. The molecule has 6 heteroatoms. The molecule has 6 nitrogen and oxygen atoms in total. The van der Waals surface area contributed by atoms with Crippen LogP contribution < -0.4 is 10.1 Å². The number of nitrogens with one attached hydrogen (secondary N) is 1. The highest BCUT2D eigenvalue weighted by Gasteiger charge is 2.41. The number of nitrogens with zero attached hydrogens (tertiary/aromatic N) is 2. The van der Waals surface area contributed by atoms with Crippen molar-refractivity contribution in [2.45, 2.75) is 64.2 Å². The fourth-order valence-electron chi connectivity index (χ4n) is 5.32. The van der Waals surface area contributed by atoms with E-state index < -0.39 is 6.04 Å². The van der Waals surface area contributed by atoms with Gasteiger partial charge in [0.1, 0.15) is 11.8 Å². The second kappa shape index (κ2) is 10.4. The van der Waals surface area contributed by atoms with Crippen LogP contribution in [0.25, 0.3) is 0 Å². The standard InChI is InChI=1S/C27H35N3O3/c1-19-10-8-11-20(2)29(19)17-9-16-28-26(31)25-22-13-5-6-14-23(22)27(32)30(25)18-21-12-4-7-15-24(21)33-3/h4-7,12-15,19-20,25H,8-11,16-18H2,1-3H3,(H,28,31)/t19-,20-,25-/m1/s1. The summed E-state index contributed by atoms with van der Waals surface area (Å²) in [4.78, 5) is 30.8. The van der Waals surface area contributed by atoms with Crippen molar-refractivity contribution in [3.63, 3.8) is 0 Å². The van der Waals surface area contributed by atoms with Crippen molar-refractivity contribution in [3.8, 4) is 5.75 Å². The third kappa shape index (κ3) is 4.91. The van der Waals surface area contributed by atoms with Crippen LogP contribution in [0.15, 0.2) is 48.5 Å². The number of fused-ring (bicyclic) bond motifs is 1. The van der Waals surface area contributed by atoms with Crippen molar-refractivity contribution in [1.82, 2.24) is 15.1 Å². The van der Waals surface area contributed by atoms with Gasteiger partial charge in [0.25, 0.3) is 5.91 Å². The Bertz CT molecular complexity index is 982. The second-order valence-electron chi connectivity index (χ2n) is 9.25. The molecular formula is C27H35N3O3. The summed E-state index contributed by atoms with van der Waals surface area (Å²) >= 11 is 0. The molecule has 1 saturated heterocycles. The molecule has 3 atom stereocenters. The van der Waals surface area contributed by atoms with E-state index in [2.05, 4.69) is 24.1 Å². The molecule has 2 aromatic carbocycles. The number of ether oxygens (including phenoxy) is 1. The Morgan fingerprint density at radius 2 is 1.76 bits per heavy atom. The number of hydrogen-bond acceptors (Lipinski definition) is 4. The second-order valence-corrected chi connectivity index (χ2v) is 9.25. The lowest BCUT2D eigenvalue weighted by Gasteiger charge is -2.39. The van der Waals surface area contributed by atoms with Crippen LogP contribution in [0, 0.1) is 0 Å². The number of amides is 2. The number of para-hydroxylation sites is 1. The molecule has 0 aliphatic carbocycles. The quantitative estimate of drug-likeness (QED) is 0.615. The molecule has 176 valence electrons. The normalized spacial score (nSPS) is 22.8. The molecule has 2 aliphatic rings. The molecule has 2 aromatic rings. The minimum Gasteiger partial charge on any atom is -0.496 e. The first-order valence-electron chi connectivity index (χ1n) is 12.1. The van der Waals surface area contributed by atoms with Gasteiger partial charge in [0, 0.05) is 36.3 Å². The Morgan fingerprint density at radius 3 is 2.52 bits per heavy atom. The van der Waals surface area contributed by atoms with Gasteiger partial charge in [-0.05, 0) is 50.8 Å². The van der Waals surface area contributed by atoms with Crippen molar-refractivity contribution in [1.29, 1.82) is 0 Å². The van der Waals surface area contributed by atoms with E-state index in [1.807, 2.05) is 42.5 Å². The topological polar surface area (TPSA) is 61.9 Å². The highest BCUT2D eigenvalue weighted by molar-refractivity contribution is 6.04. The summed E-state index contributed by atoms with van der Waals surface area (Å²) in [5, 5.41) is 3.11. The summed E-state index contributed by atoms with van der Waals surface area (Å²) in [5.74, 6) is 0.473. The van der Waals surface area contributed by atoms with E-state index >= 15 is 0 Å². The minimum atomic E-state index is -0.633. The molecule has 33 heavy (non-hydrogen) atoms. The van der Waals surface area contributed by atoms with Gasteiger partial charge < -0.3 is 15.0 Å². The number of piperidine rings is 1. The predicted molar refractivity (Wildman–Crippen MR) is 129 cm³/mol. The van der Waals surface area contributed by atoms with Gasteiger partial charge >= 0.3 is 0 Å². The zero-order chi connectivity index (χ0) is 23.4. The number of carbonyl (C=O) groups is 2. The number of methoxy groups -OCH3 is 1. The van der Waals surface area contributed by atoms with Crippen LogP contribution in [0.2, 0.25) is 0 Å². The maximum Gasteiger partial charge on any atom is 0.255 e. The fraction of sp³-hybridized carbons (Fsp3) is 0.481. The summed E-state index contributed by atoms with van der Waals surface area (Å²) in [7, 11) is 1.62. The van der Waals surface area contributed by atoms with Crippen LogP contribution in [0.3, 0.4) is 0 Å². The SMILES string of the molecule is COc1ccccc1CN1C(=O)c2ccccc2[C@@H]1C(=O)NCCCN1[C@H](C)CCC[C@H]1C. The number of rotatable bonds is 8. The number of hydrogen-bond donors (Lipinski definition) is 1. The van der Waals surface area contributed by atoms with Crippen LogP contribution in [0.1, 0.15) is 67.1 Å². The zero-order valence-corrected chi connectivity index (χ0v) is 19.9. The lowest BCUT2D eigenvalue weighted by Crippen LogP contribution is -2.45. The van der Waals surface area contributed by atoms with E-state index in [9.17, 15) is 9.59 Å². The predicted octanol–water partition coefficient (Wildman–Crippen LogP) is 4.16. The maximum absolute atomic E-state index is 13.3. The van der Waals surface area contributed by atoms with Gasteiger partial charge in [0.05, 0.1) is 13.7 Å². The molecule has 0 spiro atoms. The highest BCUT2D eigenvalue weighted by Crippen LogP contribution is 2.36. The van der Waals surface area contributed by atoms with E-state index in [1.54, 1.807) is 18.1 Å². The lowest BCUT2D eigenvalue weighted by molar-refractivity contribution is -0.125. The fourth-order valence-corrected chi connectivity index (χ4v) is 5.32. The summed E-state index contributed by atoms with van der Waals surface area (Å²) in [6, 6.07) is 15.6. The Kier molecular flexibility index (Phi) is 7.33. The number of carbonyl (C=O) groups excluding carboxylic acids is 2. The van der Waals surface area contributed by atoms with Crippen LogP contribution in [-0.4, -0.2) is 53.9 Å². The number of benzene rings is 2. The van der Waals surface area contributed by atoms with E-state index in [-0.39, 0.29) is 11.8 Å². The molecule has 0 saturated carbocycles. The molecule has 2 amide bonds. The van der Waals surface area contributed by atoms with Gasteiger partial charge in [-0.15, -0.1) is 0 Å². The Morgan fingerprint density at radius 1 is 1.06 bits per heavy atom. The molecule has 0 unspecified atom stereocenters. The largest absolute Gasteiger partial charge is 0.496 e. The van der Waals surface area contributed by atoms with Gasteiger partial charge in [0.15, 0.2) is 0 Å². The molecular weight excluding hydrogens is 414 g/mol. The van der Waals surface area contributed by atoms with Crippen molar-refractivity contribution in [3.05, 3.63) is 65.2 Å². The maximum atomic E-state index is 13.3. The average molecular weight is 450 g/mol. The lowest BCUT2D eigenvalue weighted by atomic mass is 9.97. The van der Waals surface area contributed by atoms with Crippen molar-refractivity contribution in [2.24, 2.45) is 0 Å². The Balaban J connectivity index is 1.45. The number of likely N-dealkylation sites (tertiary alicyclic amines) is 1. The van der Waals surface area contributed by atoms with E-state index in [4.69, 9.17) is 4.74 Å². The Labute approximate surface area is 196 Å². The Hall–Kier alpha value is -2.86. The van der Waals surface area contributed by atoms with Crippen molar-refractivity contribution < 1.29 is 14.3 Å². The van der Waals surface area contributed by atoms with Gasteiger partial charge in [-0.3, -0.25) is 14.5 Å². The zero-order valence-electron chi connectivity index (χ0n) is 19.9. The monoisotopic (exact) mass is 449 g/mol. The first-order chi connectivity index (χ1) is 16.0. The van der Waals surface area contributed by atoms with Crippen LogP contribution in [-0.2, 0) is 11.3 Å². The van der Waals surface area contributed by atoms with Gasteiger partial charge in [-0.1, -0.05) is 42.8 Å². The van der Waals surface area contributed by atoms with Crippen molar-refractivity contribution >= 4 is 11.8 Å². The van der Waals surface area contributed by atoms with Crippen molar-refractivity contribution in [2.75, 3.05) is 20.2 Å². The van der Waals surface area contributed by atoms with Crippen LogP contribution >= 0.6 is 0 Å². The molecule has 0 aromatic heterocycles. The molecule has 1 N–H and O–H groups in total. The van der Waals surface area contributed by atoms with E-state index in [0.29, 0.717) is 36.5 Å². The minimum absolute atomic E-state index is 0.118. The smallest absolute Gasteiger partial charge is 0.255 e. The summed E-state index contributed by atoms with van der Waals surface area (Å²) < 4.78 is 5.47. The molecule has 0 radical (unpaired) electrons. The summed E-state index contributed by atoms with van der Waals surface area (Å²) in [6.45, 7) is 6.49. The summed E-state index contributed by atoms with van der Waals surface area (Å²) in [5.41, 5.74) is 2.25. The molecule has 0 bridgehead atoms.